The monoisotopic (exact) mass is 209 g/mol. The Balaban J connectivity index is 2.88. The fourth-order valence-corrected chi connectivity index (χ4v) is 1.30. The number of ether oxygens (including phenoxy) is 2. The van der Waals surface area contributed by atoms with Crippen LogP contribution in [0.1, 0.15) is 31.9 Å². The molecule has 15 heavy (non-hydrogen) atoms. The summed E-state index contributed by atoms with van der Waals surface area (Å²) in [6, 6.07) is 5.82. The molecule has 0 bridgehead atoms. The van der Waals surface area contributed by atoms with Gasteiger partial charge in [-0.1, -0.05) is 13.0 Å². The number of methoxy groups -OCH3 is 1. The molecule has 1 atom stereocenters. The zero-order valence-electron chi connectivity index (χ0n) is 9.62. The minimum atomic E-state index is 0.0131. The smallest absolute Gasteiger partial charge is 0.161 e. The van der Waals surface area contributed by atoms with Gasteiger partial charge in [-0.25, -0.2) is 0 Å². The van der Waals surface area contributed by atoms with E-state index >= 15 is 0 Å². The maximum atomic E-state index is 5.79. The van der Waals surface area contributed by atoms with Gasteiger partial charge < -0.3 is 15.2 Å². The quantitative estimate of drug-likeness (QED) is 0.810. The lowest BCUT2D eigenvalue weighted by Crippen LogP contribution is -2.05. The molecule has 0 aliphatic heterocycles. The van der Waals surface area contributed by atoms with Gasteiger partial charge in [-0.3, -0.25) is 0 Å². The van der Waals surface area contributed by atoms with Crippen LogP contribution >= 0.6 is 0 Å². The van der Waals surface area contributed by atoms with Crippen molar-refractivity contribution in [1.82, 2.24) is 0 Å². The van der Waals surface area contributed by atoms with Gasteiger partial charge in [-0.2, -0.15) is 0 Å². The predicted molar refractivity (Wildman–Crippen MR) is 61.4 cm³/mol. The van der Waals surface area contributed by atoms with E-state index in [0.29, 0.717) is 6.61 Å². The Kier molecular flexibility index (Phi) is 4.43. The zero-order chi connectivity index (χ0) is 11.3. The van der Waals surface area contributed by atoms with Crippen LogP contribution in [-0.4, -0.2) is 13.7 Å². The third kappa shape index (κ3) is 3.13. The molecule has 0 spiro atoms. The van der Waals surface area contributed by atoms with E-state index < -0.39 is 0 Å². The van der Waals surface area contributed by atoms with Gasteiger partial charge in [-0.05, 0) is 31.0 Å². The summed E-state index contributed by atoms with van der Waals surface area (Å²) in [6.07, 6.45) is 0.984. The van der Waals surface area contributed by atoms with Gasteiger partial charge in [0.1, 0.15) is 0 Å². The lowest BCUT2D eigenvalue weighted by Gasteiger charge is -2.13. The highest BCUT2D eigenvalue weighted by molar-refractivity contribution is 5.43. The molecule has 84 valence electrons. The van der Waals surface area contributed by atoms with E-state index in [-0.39, 0.29) is 6.04 Å². The summed E-state index contributed by atoms with van der Waals surface area (Å²) in [5, 5.41) is 0. The van der Waals surface area contributed by atoms with Crippen molar-refractivity contribution < 1.29 is 9.47 Å². The molecule has 3 heteroatoms. The van der Waals surface area contributed by atoms with Crippen molar-refractivity contribution in [3.63, 3.8) is 0 Å². The maximum Gasteiger partial charge on any atom is 0.161 e. The molecule has 1 aromatic carbocycles. The summed E-state index contributed by atoms with van der Waals surface area (Å²) in [5.74, 6) is 1.53. The Morgan fingerprint density at radius 2 is 2.07 bits per heavy atom. The van der Waals surface area contributed by atoms with Crippen LogP contribution in [0, 0.1) is 0 Å². The van der Waals surface area contributed by atoms with Crippen LogP contribution in [0.25, 0.3) is 0 Å². The Labute approximate surface area is 91.2 Å². The van der Waals surface area contributed by atoms with Crippen molar-refractivity contribution in [2.75, 3.05) is 13.7 Å². The second kappa shape index (κ2) is 5.61. The summed E-state index contributed by atoms with van der Waals surface area (Å²) in [6.45, 7) is 4.72. The minimum Gasteiger partial charge on any atom is -0.493 e. The lowest BCUT2D eigenvalue weighted by molar-refractivity contribution is 0.294. The molecular formula is C12H19NO2. The number of benzene rings is 1. The SMILES string of the molecule is CCCOc1ccc([C@@H](C)N)cc1OC. The van der Waals surface area contributed by atoms with Crippen LogP contribution in [0.3, 0.4) is 0 Å². The topological polar surface area (TPSA) is 44.5 Å². The molecular weight excluding hydrogens is 190 g/mol. The molecule has 0 unspecified atom stereocenters. The first-order valence-corrected chi connectivity index (χ1v) is 5.25. The van der Waals surface area contributed by atoms with E-state index in [2.05, 4.69) is 6.92 Å². The van der Waals surface area contributed by atoms with Crippen LogP contribution in [0.5, 0.6) is 11.5 Å². The summed E-state index contributed by atoms with van der Waals surface area (Å²) in [7, 11) is 1.64. The Morgan fingerprint density at radius 3 is 2.60 bits per heavy atom. The van der Waals surface area contributed by atoms with E-state index in [9.17, 15) is 0 Å². The highest BCUT2D eigenvalue weighted by atomic mass is 16.5. The zero-order valence-corrected chi connectivity index (χ0v) is 9.62. The van der Waals surface area contributed by atoms with Gasteiger partial charge in [0.25, 0.3) is 0 Å². The molecule has 0 fully saturated rings. The van der Waals surface area contributed by atoms with Crippen molar-refractivity contribution in [2.24, 2.45) is 5.73 Å². The molecule has 0 saturated heterocycles. The molecule has 1 rings (SSSR count). The number of hydrogen-bond donors (Lipinski definition) is 1. The number of rotatable bonds is 5. The molecule has 1 aromatic rings. The Hall–Kier alpha value is -1.22. The van der Waals surface area contributed by atoms with Crippen LogP contribution in [0.4, 0.5) is 0 Å². The number of hydrogen-bond acceptors (Lipinski definition) is 3. The fourth-order valence-electron chi connectivity index (χ4n) is 1.30. The summed E-state index contributed by atoms with van der Waals surface area (Å²) in [4.78, 5) is 0. The van der Waals surface area contributed by atoms with Gasteiger partial charge in [0.2, 0.25) is 0 Å². The summed E-state index contributed by atoms with van der Waals surface area (Å²) >= 11 is 0. The second-order valence-corrected chi connectivity index (χ2v) is 3.55. The minimum absolute atomic E-state index is 0.0131. The molecule has 3 nitrogen and oxygen atoms in total. The normalized spacial score (nSPS) is 12.3. The first-order valence-electron chi connectivity index (χ1n) is 5.25. The first-order chi connectivity index (χ1) is 7.19. The third-order valence-corrected chi connectivity index (χ3v) is 2.18. The van der Waals surface area contributed by atoms with Gasteiger partial charge in [0.05, 0.1) is 13.7 Å². The molecule has 0 aliphatic carbocycles. The summed E-state index contributed by atoms with van der Waals surface area (Å²) < 4.78 is 10.8. The van der Waals surface area contributed by atoms with Crippen molar-refractivity contribution >= 4 is 0 Å². The van der Waals surface area contributed by atoms with Crippen LogP contribution in [-0.2, 0) is 0 Å². The molecule has 2 N–H and O–H groups in total. The molecule has 0 saturated carbocycles. The highest BCUT2D eigenvalue weighted by Crippen LogP contribution is 2.29. The Morgan fingerprint density at radius 1 is 1.33 bits per heavy atom. The van der Waals surface area contributed by atoms with Crippen LogP contribution in [0.15, 0.2) is 18.2 Å². The lowest BCUT2D eigenvalue weighted by atomic mass is 10.1. The van der Waals surface area contributed by atoms with Gasteiger partial charge >= 0.3 is 0 Å². The van der Waals surface area contributed by atoms with Crippen molar-refractivity contribution in [2.45, 2.75) is 26.3 Å². The highest BCUT2D eigenvalue weighted by Gasteiger charge is 2.07. The first kappa shape index (κ1) is 11.9. The third-order valence-electron chi connectivity index (χ3n) is 2.18. The predicted octanol–water partition coefficient (Wildman–Crippen LogP) is 2.50. The van der Waals surface area contributed by atoms with Gasteiger partial charge in [0, 0.05) is 6.04 Å². The molecule has 0 radical (unpaired) electrons. The van der Waals surface area contributed by atoms with Gasteiger partial charge in [0.15, 0.2) is 11.5 Å². The average Bonchev–Trinajstić information content (AvgIpc) is 2.25. The van der Waals surface area contributed by atoms with E-state index in [1.54, 1.807) is 7.11 Å². The molecule has 0 heterocycles. The molecule has 0 amide bonds. The second-order valence-electron chi connectivity index (χ2n) is 3.55. The molecule has 0 aliphatic rings. The standard InChI is InChI=1S/C12H19NO2/c1-4-7-15-11-6-5-10(9(2)13)8-12(11)14-3/h5-6,8-9H,4,7,13H2,1-3H3/t9-/m1/s1. The molecule has 0 aromatic heterocycles. The average molecular weight is 209 g/mol. The largest absolute Gasteiger partial charge is 0.493 e. The van der Waals surface area contributed by atoms with Crippen LogP contribution in [0.2, 0.25) is 0 Å². The van der Waals surface area contributed by atoms with Gasteiger partial charge in [-0.15, -0.1) is 0 Å². The van der Waals surface area contributed by atoms with Crippen molar-refractivity contribution in [3.05, 3.63) is 23.8 Å². The van der Waals surface area contributed by atoms with E-state index in [1.807, 2.05) is 25.1 Å². The van der Waals surface area contributed by atoms with Crippen molar-refractivity contribution in [1.29, 1.82) is 0 Å². The Bertz CT molecular complexity index is 310. The van der Waals surface area contributed by atoms with E-state index in [0.717, 1.165) is 23.5 Å². The van der Waals surface area contributed by atoms with E-state index in [1.165, 1.54) is 0 Å². The van der Waals surface area contributed by atoms with Crippen LogP contribution < -0.4 is 15.2 Å². The summed E-state index contributed by atoms with van der Waals surface area (Å²) in [5.41, 5.74) is 6.84. The van der Waals surface area contributed by atoms with E-state index in [4.69, 9.17) is 15.2 Å². The maximum absolute atomic E-state index is 5.79. The fraction of sp³-hybridized carbons (Fsp3) is 0.500. The number of nitrogens with two attached hydrogens (primary N) is 1. The van der Waals surface area contributed by atoms with Crippen molar-refractivity contribution in [3.8, 4) is 11.5 Å².